The number of nitrogens with zero attached hydrogens (tertiary/aromatic N) is 2. The minimum Gasteiger partial charge on any atom is -0.309 e. The Labute approximate surface area is 126 Å². The van der Waals surface area contributed by atoms with Crippen molar-refractivity contribution in [2.24, 2.45) is 0 Å². The Kier molecular flexibility index (Phi) is 5.13. The van der Waals surface area contributed by atoms with Crippen LogP contribution in [0.4, 0.5) is 11.4 Å². The van der Waals surface area contributed by atoms with Crippen molar-refractivity contribution in [2.45, 2.75) is 37.1 Å². The molecule has 1 aromatic rings. The Morgan fingerprint density at radius 1 is 1.29 bits per heavy atom. The highest BCUT2D eigenvalue weighted by Crippen LogP contribution is 2.29. The number of hydrogen-bond acceptors (Lipinski definition) is 6. The van der Waals surface area contributed by atoms with Crippen molar-refractivity contribution < 1.29 is 9.85 Å². The number of non-ortho nitro benzene ring substituents is 1. The van der Waals surface area contributed by atoms with Gasteiger partial charge in [-0.25, -0.2) is 0 Å². The van der Waals surface area contributed by atoms with Gasteiger partial charge in [-0.05, 0) is 25.2 Å². The quantitative estimate of drug-likeness (QED) is 0.640. The highest BCUT2D eigenvalue weighted by molar-refractivity contribution is 7.99. The molecule has 0 radical (unpaired) electrons. The van der Waals surface area contributed by atoms with Gasteiger partial charge in [-0.15, -0.1) is 0 Å². The monoisotopic (exact) mass is 311 g/mol. The highest BCUT2D eigenvalue weighted by Gasteiger charge is 2.27. The Morgan fingerprint density at radius 2 is 2.05 bits per heavy atom. The highest BCUT2D eigenvalue weighted by atomic mass is 32.2. The van der Waals surface area contributed by atoms with Gasteiger partial charge >= 0.3 is 0 Å². The van der Waals surface area contributed by atoms with E-state index in [1.54, 1.807) is 11.8 Å². The van der Waals surface area contributed by atoms with E-state index < -0.39 is 9.85 Å². The second-order valence-electron chi connectivity index (χ2n) is 5.02. The van der Waals surface area contributed by atoms with Gasteiger partial charge in [-0.2, -0.15) is 11.8 Å². The molecule has 0 aliphatic heterocycles. The Bertz CT molecular complexity index is 552. The number of benzene rings is 1. The van der Waals surface area contributed by atoms with Crippen molar-refractivity contribution in [2.75, 3.05) is 6.26 Å². The predicted octanol–water partition coefficient (Wildman–Crippen LogP) is 2.88. The molecule has 0 aromatic heterocycles. The smallest absolute Gasteiger partial charge is 0.280 e. The van der Waals surface area contributed by atoms with Crippen LogP contribution in [0.3, 0.4) is 0 Å². The van der Waals surface area contributed by atoms with Crippen LogP contribution in [0, 0.1) is 20.2 Å². The van der Waals surface area contributed by atoms with Crippen LogP contribution in [0.25, 0.3) is 0 Å². The van der Waals surface area contributed by atoms with Gasteiger partial charge in [-0.1, -0.05) is 6.42 Å². The van der Waals surface area contributed by atoms with Gasteiger partial charge in [0.05, 0.1) is 15.9 Å². The fourth-order valence-corrected chi connectivity index (χ4v) is 3.63. The lowest BCUT2D eigenvalue weighted by atomic mass is 10.1. The van der Waals surface area contributed by atoms with Crippen molar-refractivity contribution in [1.29, 1.82) is 0 Å². The first-order valence-electron chi connectivity index (χ1n) is 6.71. The molecule has 1 aliphatic rings. The SMILES string of the molecule is CSC1CCCC1NCc1ccc([N+](=O)[O-])cc1[N+](=O)[O-]. The van der Waals surface area contributed by atoms with Gasteiger partial charge < -0.3 is 5.32 Å². The third-order valence-corrected chi connectivity index (χ3v) is 4.96. The summed E-state index contributed by atoms with van der Waals surface area (Å²) in [5.74, 6) is 0. The maximum atomic E-state index is 11.1. The molecule has 0 spiro atoms. The summed E-state index contributed by atoms with van der Waals surface area (Å²) in [6.45, 7) is 0.357. The molecule has 2 atom stereocenters. The third-order valence-electron chi connectivity index (χ3n) is 3.79. The molecule has 1 saturated carbocycles. The van der Waals surface area contributed by atoms with Crippen LogP contribution >= 0.6 is 11.8 Å². The average Bonchev–Trinajstić information content (AvgIpc) is 2.92. The Balaban J connectivity index is 2.12. The summed E-state index contributed by atoms with van der Waals surface area (Å²) in [6, 6.07) is 4.14. The zero-order valence-corrected chi connectivity index (χ0v) is 12.5. The van der Waals surface area contributed by atoms with E-state index in [-0.39, 0.29) is 11.4 Å². The van der Waals surface area contributed by atoms with Crippen LogP contribution in [0.5, 0.6) is 0 Å². The summed E-state index contributed by atoms with van der Waals surface area (Å²) in [7, 11) is 0. The maximum Gasteiger partial charge on any atom is 0.280 e. The van der Waals surface area contributed by atoms with Crippen LogP contribution in [-0.2, 0) is 6.54 Å². The number of nitro groups is 2. The number of thioether (sulfide) groups is 1. The summed E-state index contributed by atoms with van der Waals surface area (Å²) in [6.07, 6.45) is 5.44. The molecular formula is C13H17N3O4S. The molecule has 0 bridgehead atoms. The first kappa shape index (κ1) is 15.7. The lowest BCUT2D eigenvalue weighted by Gasteiger charge is -2.19. The van der Waals surface area contributed by atoms with Crippen LogP contribution < -0.4 is 5.32 Å². The van der Waals surface area contributed by atoms with E-state index in [0.717, 1.165) is 25.3 Å². The molecule has 1 aromatic carbocycles. The number of rotatable bonds is 6. The van der Waals surface area contributed by atoms with Gasteiger partial charge in [0.15, 0.2) is 0 Å². The molecule has 21 heavy (non-hydrogen) atoms. The zero-order chi connectivity index (χ0) is 15.4. The van der Waals surface area contributed by atoms with E-state index in [1.807, 2.05) is 0 Å². The van der Waals surface area contributed by atoms with E-state index in [1.165, 1.54) is 12.1 Å². The fraction of sp³-hybridized carbons (Fsp3) is 0.538. The molecule has 2 rings (SSSR count). The largest absolute Gasteiger partial charge is 0.309 e. The third kappa shape index (κ3) is 3.70. The summed E-state index contributed by atoms with van der Waals surface area (Å²) in [5, 5.41) is 25.6. The number of nitrogens with one attached hydrogen (secondary N) is 1. The molecule has 0 heterocycles. The average molecular weight is 311 g/mol. The van der Waals surface area contributed by atoms with E-state index in [4.69, 9.17) is 0 Å². The first-order valence-corrected chi connectivity index (χ1v) is 7.99. The molecule has 1 aliphatic carbocycles. The van der Waals surface area contributed by atoms with Gasteiger partial charge in [0.25, 0.3) is 11.4 Å². The summed E-state index contributed by atoms with van der Waals surface area (Å²) < 4.78 is 0. The molecule has 114 valence electrons. The second kappa shape index (κ2) is 6.86. The maximum absolute atomic E-state index is 11.1. The van der Waals surface area contributed by atoms with Crippen molar-refractivity contribution in [3.8, 4) is 0 Å². The van der Waals surface area contributed by atoms with Crippen molar-refractivity contribution in [3.63, 3.8) is 0 Å². The Morgan fingerprint density at radius 3 is 2.67 bits per heavy atom. The molecule has 7 nitrogen and oxygen atoms in total. The van der Waals surface area contributed by atoms with Gasteiger partial charge in [-0.3, -0.25) is 20.2 Å². The summed E-state index contributed by atoms with van der Waals surface area (Å²) >= 11 is 1.81. The van der Waals surface area contributed by atoms with E-state index in [2.05, 4.69) is 11.6 Å². The van der Waals surface area contributed by atoms with Gasteiger partial charge in [0.1, 0.15) is 0 Å². The zero-order valence-electron chi connectivity index (χ0n) is 11.7. The molecule has 1 fully saturated rings. The molecule has 1 N–H and O–H groups in total. The normalized spacial score (nSPS) is 21.4. The molecule has 0 saturated heterocycles. The van der Waals surface area contributed by atoms with Crippen molar-refractivity contribution in [1.82, 2.24) is 5.32 Å². The minimum atomic E-state index is -0.620. The van der Waals surface area contributed by atoms with Crippen LogP contribution in [-0.4, -0.2) is 27.4 Å². The van der Waals surface area contributed by atoms with Crippen molar-refractivity contribution >= 4 is 23.1 Å². The predicted molar refractivity (Wildman–Crippen MR) is 81.5 cm³/mol. The summed E-state index contributed by atoms with van der Waals surface area (Å²) in [4.78, 5) is 20.6. The van der Waals surface area contributed by atoms with Crippen molar-refractivity contribution in [3.05, 3.63) is 44.0 Å². The Hall–Kier alpha value is -1.67. The summed E-state index contributed by atoms with van der Waals surface area (Å²) in [5.41, 5.74) is 0.0288. The van der Waals surface area contributed by atoms with Gasteiger partial charge in [0.2, 0.25) is 0 Å². The molecule has 0 amide bonds. The van der Waals surface area contributed by atoms with E-state index in [0.29, 0.717) is 23.4 Å². The van der Waals surface area contributed by atoms with Crippen LogP contribution in [0.15, 0.2) is 18.2 Å². The van der Waals surface area contributed by atoms with Crippen LogP contribution in [0.2, 0.25) is 0 Å². The van der Waals surface area contributed by atoms with Crippen LogP contribution in [0.1, 0.15) is 24.8 Å². The lowest BCUT2D eigenvalue weighted by Crippen LogP contribution is -2.33. The molecular weight excluding hydrogens is 294 g/mol. The van der Waals surface area contributed by atoms with E-state index in [9.17, 15) is 20.2 Å². The lowest BCUT2D eigenvalue weighted by molar-refractivity contribution is -0.394. The first-order chi connectivity index (χ1) is 10.0. The van der Waals surface area contributed by atoms with Gasteiger partial charge in [0, 0.05) is 29.5 Å². The number of hydrogen-bond donors (Lipinski definition) is 1. The standard InChI is InChI=1S/C13H17N3O4S/c1-21-13-4-2-3-11(13)14-8-9-5-6-10(15(17)18)7-12(9)16(19)20/h5-7,11,13-14H,2-4,8H2,1H3. The second-order valence-corrected chi connectivity index (χ2v) is 6.10. The van der Waals surface area contributed by atoms with E-state index >= 15 is 0 Å². The molecule has 2 unspecified atom stereocenters. The topological polar surface area (TPSA) is 98.3 Å². The minimum absolute atomic E-state index is 0.199. The fourth-order valence-electron chi connectivity index (χ4n) is 2.67. The molecule has 8 heteroatoms. The number of nitro benzene ring substituents is 2.